The second kappa shape index (κ2) is 4.03. The van der Waals surface area contributed by atoms with E-state index in [0.717, 1.165) is 0 Å². The third-order valence-electron chi connectivity index (χ3n) is 1.34. The number of carbonyl (C=O) groups excluding carboxylic acids is 1. The van der Waals surface area contributed by atoms with Crippen molar-refractivity contribution in [3.05, 3.63) is 0 Å². The summed E-state index contributed by atoms with van der Waals surface area (Å²) in [4.78, 5) is 28.1. The summed E-state index contributed by atoms with van der Waals surface area (Å²) in [6.07, 6.45) is 0. The molecule has 0 spiro atoms. The largest absolute Gasteiger partial charge is 0.347 e. The summed E-state index contributed by atoms with van der Waals surface area (Å²) < 4.78 is 10.8. The van der Waals surface area contributed by atoms with Crippen LogP contribution >= 0.6 is 7.60 Å². The molecular formula is C6H14NO4P. The Bertz CT molecular complexity index is 210. The minimum Gasteiger partial charge on any atom is -0.342 e. The van der Waals surface area contributed by atoms with Gasteiger partial charge < -0.3 is 15.1 Å². The highest BCUT2D eigenvalue weighted by atomic mass is 31.2. The van der Waals surface area contributed by atoms with Crippen LogP contribution in [0.2, 0.25) is 0 Å². The van der Waals surface area contributed by atoms with Gasteiger partial charge in [-0.1, -0.05) is 13.8 Å². The van der Waals surface area contributed by atoms with E-state index in [1.54, 1.807) is 13.8 Å². The van der Waals surface area contributed by atoms with Crippen molar-refractivity contribution in [3.8, 4) is 0 Å². The zero-order chi connectivity index (χ0) is 9.94. The Morgan fingerprint density at radius 3 is 1.92 bits per heavy atom. The fourth-order valence-electron chi connectivity index (χ4n) is 0.847. The van der Waals surface area contributed by atoms with Crippen LogP contribution < -0.4 is 5.32 Å². The first-order valence-electron chi connectivity index (χ1n) is 3.57. The van der Waals surface area contributed by atoms with Crippen LogP contribution in [0.1, 0.15) is 20.8 Å². The molecule has 0 aliphatic heterocycles. The molecule has 0 aromatic heterocycles. The van der Waals surface area contributed by atoms with Gasteiger partial charge in [-0.2, -0.15) is 0 Å². The van der Waals surface area contributed by atoms with Crippen LogP contribution in [0, 0.1) is 5.92 Å². The van der Waals surface area contributed by atoms with Gasteiger partial charge in [-0.05, 0) is 5.92 Å². The molecule has 0 rings (SSSR count). The molecule has 0 radical (unpaired) electrons. The number of nitrogens with one attached hydrogen (secondary N) is 1. The van der Waals surface area contributed by atoms with Crippen molar-refractivity contribution in [1.82, 2.24) is 5.32 Å². The summed E-state index contributed by atoms with van der Waals surface area (Å²) >= 11 is 0. The van der Waals surface area contributed by atoms with Crippen LogP contribution in [0.4, 0.5) is 0 Å². The first kappa shape index (κ1) is 11.6. The van der Waals surface area contributed by atoms with Crippen molar-refractivity contribution in [2.24, 2.45) is 5.92 Å². The second-order valence-electron chi connectivity index (χ2n) is 2.98. The van der Waals surface area contributed by atoms with E-state index < -0.39 is 19.3 Å². The number of carbonyl (C=O) groups is 1. The maximum absolute atomic E-state index is 10.8. The average molecular weight is 195 g/mol. The second-order valence-corrected chi connectivity index (χ2v) is 4.71. The van der Waals surface area contributed by atoms with Gasteiger partial charge >= 0.3 is 7.60 Å². The van der Waals surface area contributed by atoms with Crippen molar-refractivity contribution in [3.63, 3.8) is 0 Å². The first-order valence-corrected chi connectivity index (χ1v) is 5.25. The maximum atomic E-state index is 10.8. The number of amides is 1. The molecule has 1 amide bonds. The molecule has 3 N–H and O–H groups in total. The molecule has 0 aromatic rings. The Labute approximate surface area is 71.3 Å². The summed E-state index contributed by atoms with van der Waals surface area (Å²) in [6.45, 7) is 4.50. The van der Waals surface area contributed by atoms with Gasteiger partial charge in [0.05, 0.1) is 0 Å². The summed E-state index contributed by atoms with van der Waals surface area (Å²) in [6, 6.07) is 0. The Balaban J connectivity index is 4.46. The Morgan fingerprint density at radius 2 is 1.83 bits per heavy atom. The van der Waals surface area contributed by atoms with Gasteiger partial charge in [0.1, 0.15) is 5.78 Å². The van der Waals surface area contributed by atoms with Crippen molar-refractivity contribution in [2.75, 3.05) is 0 Å². The van der Waals surface area contributed by atoms with E-state index in [-0.39, 0.29) is 5.92 Å². The fraction of sp³-hybridized carbons (Fsp3) is 0.833. The predicted octanol–water partition coefficient (Wildman–Crippen LogP) is 0.282. The molecule has 0 aliphatic rings. The first-order chi connectivity index (χ1) is 5.25. The molecule has 0 saturated carbocycles. The maximum Gasteiger partial charge on any atom is 0.347 e. The summed E-state index contributed by atoms with van der Waals surface area (Å²) in [5.41, 5.74) is 0. The van der Waals surface area contributed by atoms with E-state index in [4.69, 9.17) is 9.79 Å². The van der Waals surface area contributed by atoms with E-state index >= 15 is 0 Å². The van der Waals surface area contributed by atoms with Gasteiger partial charge in [-0.25, -0.2) is 0 Å². The zero-order valence-electron chi connectivity index (χ0n) is 7.31. The van der Waals surface area contributed by atoms with E-state index in [9.17, 15) is 9.36 Å². The number of rotatable bonds is 3. The van der Waals surface area contributed by atoms with Crippen LogP contribution in [0.15, 0.2) is 0 Å². The number of hydrogen-bond acceptors (Lipinski definition) is 2. The fourth-order valence-corrected chi connectivity index (χ4v) is 1.97. The molecule has 0 bridgehead atoms. The van der Waals surface area contributed by atoms with E-state index in [2.05, 4.69) is 5.32 Å². The summed E-state index contributed by atoms with van der Waals surface area (Å²) in [7, 11) is -4.22. The molecule has 0 heterocycles. The molecule has 5 nitrogen and oxygen atoms in total. The lowest BCUT2D eigenvalue weighted by Crippen LogP contribution is -2.36. The van der Waals surface area contributed by atoms with Crippen molar-refractivity contribution < 1.29 is 19.1 Å². The van der Waals surface area contributed by atoms with Crippen molar-refractivity contribution >= 4 is 13.5 Å². The molecule has 0 fully saturated rings. The van der Waals surface area contributed by atoms with Crippen LogP contribution in [0.3, 0.4) is 0 Å². The summed E-state index contributed by atoms with van der Waals surface area (Å²) in [5.74, 6) is -1.79. The molecule has 1 atom stereocenters. The van der Waals surface area contributed by atoms with Gasteiger partial charge in [0, 0.05) is 6.92 Å². The quantitative estimate of drug-likeness (QED) is 0.564. The molecule has 12 heavy (non-hydrogen) atoms. The minimum absolute atomic E-state index is 0.283. The van der Waals surface area contributed by atoms with Crippen LogP contribution in [0.5, 0.6) is 0 Å². The predicted molar refractivity (Wildman–Crippen MR) is 44.5 cm³/mol. The lowest BCUT2D eigenvalue weighted by atomic mass is 10.2. The number of hydrogen-bond donors (Lipinski definition) is 3. The molecule has 0 unspecified atom stereocenters. The third-order valence-corrected chi connectivity index (χ3v) is 2.80. The minimum atomic E-state index is -4.22. The molecule has 6 heteroatoms. The smallest absolute Gasteiger partial charge is 0.342 e. The molecule has 0 aromatic carbocycles. The molecule has 0 saturated heterocycles. The van der Waals surface area contributed by atoms with Crippen molar-refractivity contribution in [2.45, 2.75) is 26.6 Å². The monoisotopic (exact) mass is 195 g/mol. The van der Waals surface area contributed by atoms with Crippen molar-refractivity contribution in [1.29, 1.82) is 0 Å². The standard InChI is InChI=1S/C6H14NO4P/c1-4(2)6(7-5(3)8)12(9,10)11/h4,6H,1-3H3,(H,7,8)(H2,9,10,11)/t6-/m0/s1. The van der Waals surface area contributed by atoms with Gasteiger partial charge in [-0.15, -0.1) is 0 Å². The molecule has 72 valence electrons. The summed E-state index contributed by atoms with van der Waals surface area (Å²) in [5, 5.41) is 2.22. The molecular weight excluding hydrogens is 181 g/mol. The van der Waals surface area contributed by atoms with Gasteiger partial charge in [-0.3, -0.25) is 9.36 Å². The SMILES string of the molecule is CC(=O)N[C@H](C(C)C)P(=O)(O)O. The van der Waals surface area contributed by atoms with E-state index in [1.165, 1.54) is 6.92 Å². The lowest BCUT2D eigenvalue weighted by molar-refractivity contribution is -0.119. The zero-order valence-corrected chi connectivity index (χ0v) is 8.21. The lowest BCUT2D eigenvalue weighted by Gasteiger charge is -2.22. The third kappa shape index (κ3) is 3.85. The van der Waals surface area contributed by atoms with Crippen LogP contribution in [-0.4, -0.2) is 21.5 Å². The normalized spacial score (nSPS) is 14.5. The van der Waals surface area contributed by atoms with Crippen LogP contribution in [0.25, 0.3) is 0 Å². The topological polar surface area (TPSA) is 86.6 Å². The Hall–Kier alpha value is -0.380. The highest BCUT2D eigenvalue weighted by Gasteiger charge is 2.31. The van der Waals surface area contributed by atoms with Gasteiger partial charge in [0.15, 0.2) is 0 Å². The highest BCUT2D eigenvalue weighted by Crippen LogP contribution is 2.43. The van der Waals surface area contributed by atoms with Gasteiger partial charge in [0.25, 0.3) is 0 Å². The van der Waals surface area contributed by atoms with Crippen LogP contribution in [-0.2, 0) is 9.36 Å². The van der Waals surface area contributed by atoms with Gasteiger partial charge in [0.2, 0.25) is 5.91 Å². The van der Waals surface area contributed by atoms with E-state index in [1.807, 2.05) is 0 Å². The Kier molecular flexibility index (Phi) is 3.90. The van der Waals surface area contributed by atoms with E-state index in [0.29, 0.717) is 0 Å². The molecule has 0 aliphatic carbocycles. The Morgan fingerprint density at radius 1 is 1.42 bits per heavy atom. The highest BCUT2D eigenvalue weighted by molar-refractivity contribution is 7.52. The average Bonchev–Trinajstić information content (AvgIpc) is 1.79.